The van der Waals surface area contributed by atoms with Gasteiger partial charge >= 0.3 is 0 Å². The number of carbonyl (C=O) groups excluding carboxylic acids is 1. The summed E-state index contributed by atoms with van der Waals surface area (Å²) in [4.78, 5) is 13.9. The van der Waals surface area contributed by atoms with E-state index in [0.717, 1.165) is 11.5 Å². The number of Topliss-reactive ketones (excluding diaryl/α,β-unsaturated/α-hetero) is 1. The molecule has 1 aromatic carbocycles. The lowest BCUT2D eigenvalue weighted by atomic mass is 9.98. The number of anilines is 2. The number of nitrogens with one attached hydrogen (secondary N) is 1. The number of phenols is 1. The third-order valence-corrected chi connectivity index (χ3v) is 4.30. The molecule has 1 unspecified atom stereocenters. The van der Waals surface area contributed by atoms with Gasteiger partial charge in [0.05, 0.1) is 17.4 Å². The molecule has 0 bridgehead atoms. The van der Waals surface area contributed by atoms with Crippen molar-refractivity contribution in [1.29, 1.82) is 0 Å². The first-order valence-corrected chi connectivity index (χ1v) is 7.40. The van der Waals surface area contributed by atoms with Crippen LogP contribution in [-0.2, 0) is 4.79 Å². The highest BCUT2D eigenvalue weighted by Crippen LogP contribution is 2.36. The molecule has 6 heteroatoms. The number of hydrogen-bond donors (Lipinski definition) is 2. The highest BCUT2D eigenvalue weighted by Gasteiger charge is 2.32. The number of benzene rings is 1. The lowest BCUT2D eigenvalue weighted by Gasteiger charge is -2.41. The normalized spacial score (nSPS) is 20.1. The van der Waals surface area contributed by atoms with Crippen LogP contribution in [-0.4, -0.2) is 40.2 Å². The van der Waals surface area contributed by atoms with Crippen molar-refractivity contribution in [2.75, 3.05) is 23.3 Å². The van der Waals surface area contributed by atoms with Gasteiger partial charge in [-0.15, -0.1) is 10.2 Å². The Balaban J connectivity index is 1.76. The zero-order valence-electron chi connectivity index (χ0n) is 12.0. The maximum absolute atomic E-state index is 11.6. The van der Waals surface area contributed by atoms with Crippen LogP contribution in [0.5, 0.6) is 5.75 Å². The van der Waals surface area contributed by atoms with Crippen molar-refractivity contribution in [1.82, 2.24) is 10.2 Å². The fraction of sp³-hybridized carbons (Fsp3) is 0.312. The van der Waals surface area contributed by atoms with Gasteiger partial charge in [-0.1, -0.05) is 12.1 Å². The maximum Gasteiger partial charge on any atom is 0.172 e. The Kier molecular flexibility index (Phi) is 2.96. The van der Waals surface area contributed by atoms with E-state index in [2.05, 4.69) is 20.4 Å². The van der Waals surface area contributed by atoms with Crippen LogP contribution in [0.3, 0.4) is 0 Å². The summed E-state index contributed by atoms with van der Waals surface area (Å²) < 4.78 is 0. The number of para-hydroxylation sites is 1. The molecular formula is C16H16N4O2. The van der Waals surface area contributed by atoms with Crippen molar-refractivity contribution in [3.8, 4) is 17.0 Å². The van der Waals surface area contributed by atoms with Crippen LogP contribution in [0.15, 0.2) is 30.3 Å². The van der Waals surface area contributed by atoms with Gasteiger partial charge in [0.25, 0.3) is 0 Å². The molecule has 6 nitrogen and oxygen atoms in total. The molecule has 4 rings (SSSR count). The highest BCUT2D eigenvalue weighted by atomic mass is 16.3. The Morgan fingerprint density at radius 2 is 2.14 bits per heavy atom. The van der Waals surface area contributed by atoms with E-state index in [1.54, 1.807) is 12.1 Å². The van der Waals surface area contributed by atoms with E-state index in [4.69, 9.17) is 0 Å². The Hall–Kier alpha value is -2.63. The quantitative estimate of drug-likeness (QED) is 0.835. The van der Waals surface area contributed by atoms with Crippen molar-refractivity contribution in [2.45, 2.75) is 18.9 Å². The summed E-state index contributed by atoms with van der Waals surface area (Å²) in [6.07, 6.45) is 1.14. The number of carbonyl (C=O) groups is 1. The number of fused-ring (bicyclic) bond motifs is 3. The lowest BCUT2D eigenvalue weighted by molar-refractivity contribution is -0.120. The van der Waals surface area contributed by atoms with Gasteiger partial charge in [-0.25, -0.2) is 0 Å². The van der Waals surface area contributed by atoms with Crippen LogP contribution in [0, 0.1) is 0 Å². The fourth-order valence-corrected chi connectivity index (χ4v) is 3.17. The van der Waals surface area contributed by atoms with Gasteiger partial charge in [0.1, 0.15) is 11.5 Å². The molecule has 1 fully saturated rings. The van der Waals surface area contributed by atoms with Gasteiger partial charge in [-0.3, -0.25) is 4.79 Å². The average Bonchev–Trinajstić information content (AvgIpc) is 2.54. The molecule has 1 saturated heterocycles. The van der Waals surface area contributed by atoms with E-state index in [-0.39, 0.29) is 11.8 Å². The van der Waals surface area contributed by atoms with Gasteiger partial charge < -0.3 is 15.3 Å². The highest BCUT2D eigenvalue weighted by molar-refractivity contribution is 5.84. The summed E-state index contributed by atoms with van der Waals surface area (Å²) in [5.74, 6) is 1.24. The van der Waals surface area contributed by atoms with Crippen molar-refractivity contribution >= 4 is 17.3 Å². The summed E-state index contributed by atoms with van der Waals surface area (Å²) >= 11 is 0. The second-order valence-electron chi connectivity index (χ2n) is 5.70. The summed E-state index contributed by atoms with van der Waals surface area (Å²) in [5, 5.41) is 21.7. The standard InChI is InChI=1S/C16H16N4O2/c21-11-5-6-20-10(7-11)9-17-16-14(20)8-13(18-19-16)12-3-1-2-4-15(12)22/h1-4,8,10,22H,5-7,9H2,(H,17,19). The molecule has 1 aromatic heterocycles. The Bertz CT molecular complexity index is 747. The number of aromatic hydroxyl groups is 1. The molecule has 112 valence electrons. The monoisotopic (exact) mass is 296 g/mol. The van der Waals surface area contributed by atoms with Crippen LogP contribution in [0.2, 0.25) is 0 Å². The lowest BCUT2D eigenvalue weighted by Crippen LogP contribution is -2.49. The number of ketones is 1. The van der Waals surface area contributed by atoms with Crippen LogP contribution >= 0.6 is 0 Å². The molecule has 0 spiro atoms. The van der Waals surface area contributed by atoms with Crippen molar-refractivity contribution in [3.05, 3.63) is 30.3 Å². The first-order valence-electron chi connectivity index (χ1n) is 7.40. The second kappa shape index (κ2) is 4.98. The molecule has 0 aliphatic carbocycles. The SMILES string of the molecule is O=C1CCN2c3cc(-c4ccccc4O)nnc3NCC2C1. The van der Waals surface area contributed by atoms with Gasteiger partial charge in [-0.05, 0) is 18.2 Å². The number of aromatic nitrogens is 2. The third-order valence-electron chi connectivity index (χ3n) is 4.30. The van der Waals surface area contributed by atoms with E-state index >= 15 is 0 Å². The molecule has 1 atom stereocenters. The largest absolute Gasteiger partial charge is 0.507 e. The van der Waals surface area contributed by atoms with Crippen LogP contribution < -0.4 is 10.2 Å². The van der Waals surface area contributed by atoms with Crippen molar-refractivity contribution < 1.29 is 9.90 Å². The van der Waals surface area contributed by atoms with Gasteiger partial charge in [0, 0.05) is 31.5 Å². The number of hydrogen-bond acceptors (Lipinski definition) is 6. The zero-order valence-corrected chi connectivity index (χ0v) is 12.0. The van der Waals surface area contributed by atoms with E-state index in [9.17, 15) is 9.90 Å². The zero-order chi connectivity index (χ0) is 15.1. The summed E-state index contributed by atoms with van der Waals surface area (Å²) in [7, 11) is 0. The van der Waals surface area contributed by atoms with Crippen LogP contribution in [0.1, 0.15) is 12.8 Å². The van der Waals surface area contributed by atoms with Crippen LogP contribution in [0.4, 0.5) is 11.5 Å². The summed E-state index contributed by atoms with van der Waals surface area (Å²) in [6, 6.07) is 9.20. The van der Waals surface area contributed by atoms with E-state index in [1.807, 2.05) is 18.2 Å². The van der Waals surface area contributed by atoms with Gasteiger partial charge in [0.2, 0.25) is 0 Å². The Morgan fingerprint density at radius 1 is 1.27 bits per heavy atom. The summed E-state index contributed by atoms with van der Waals surface area (Å²) in [5.41, 5.74) is 2.25. The van der Waals surface area contributed by atoms with Crippen LogP contribution in [0.25, 0.3) is 11.3 Å². The molecule has 0 amide bonds. The minimum Gasteiger partial charge on any atom is -0.507 e. The Morgan fingerprint density at radius 3 is 3.00 bits per heavy atom. The van der Waals surface area contributed by atoms with E-state index in [0.29, 0.717) is 43.0 Å². The molecule has 2 aromatic rings. The number of nitrogens with zero attached hydrogens (tertiary/aromatic N) is 3. The maximum atomic E-state index is 11.6. The molecule has 2 N–H and O–H groups in total. The fourth-order valence-electron chi connectivity index (χ4n) is 3.17. The minimum absolute atomic E-state index is 0.176. The molecule has 3 heterocycles. The Labute approximate surface area is 127 Å². The molecular weight excluding hydrogens is 280 g/mol. The van der Waals surface area contributed by atoms with Gasteiger partial charge in [0.15, 0.2) is 5.82 Å². The number of piperidine rings is 1. The first-order chi connectivity index (χ1) is 10.7. The van der Waals surface area contributed by atoms with Crippen molar-refractivity contribution in [3.63, 3.8) is 0 Å². The predicted octanol–water partition coefficient (Wildman–Crippen LogP) is 1.81. The molecule has 22 heavy (non-hydrogen) atoms. The number of rotatable bonds is 1. The molecule has 2 aliphatic heterocycles. The average molecular weight is 296 g/mol. The van der Waals surface area contributed by atoms with Gasteiger partial charge in [-0.2, -0.15) is 0 Å². The molecule has 0 radical (unpaired) electrons. The second-order valence-corrected chi connectivity index (χ2v) is 5.70. The summed E-state index contributed by atoms with van der Waals surface area (Å²) in [6.45, 7) is 1.42. The predicted molar refractivity (Wildman–Crippen MR) is 83.0 cm³/mol. The van der Waals surface area contributed by atoms with E-state index < -0.39 is 0 Å². The molecule has 0 saturated carbocycles. The first kappa shape index (κ1) is 13.1. The smallest absolute Gasteiger partial charge is 0.172 e. The van der Waals surface area contributed by atoms with Crippen molar-refractivity contribution in [2.24, 2.45) is 0 Å². The third kappa shape index (κ3) is 2.07. The number of phenolic OH excluding ortho intramolecular Hbond substituents is 1. The topological polar surface area (TPSA) is 78.4 Å². The minimum atomic E-state index is 0.176. The molecule has 2 aliphatic rings. The van der Waals surface area contributed by atoms with E-state index in [1.165, 1.54) is 0 Å².